The first-order chi connectivity index (χ1) is 17.5. The van der Waals surface area contributed by atoms with Gasteiger partial charge in [0, 0.05) is 17.2 Å². The topological polar surface area (TPSA) is 71.1 Å². The van der Waals surface area contributed by atoms with Crippen LogP contribution in [0.1, 0.15) is 38.8 Å². The largest absolute Gasteiger partial charge is 0.494 e. The first kappa shape index (κ1) is 26.2. The van der Waals surface area contributed by atoms with Crippen molar-refractivity contribution in [2.45, 2.75) is 45.1 Å². The molecule has 2 heterocycles. The third-order valence-corrected chi connectivity index (χ3v) is 7.13. The number of ether oxygens (including phenoxy) is 3. The monoisotopic (exact) mass is 518 g/mol. The summed E-state index contributed by atoms with van der Waals surface area (Å²) >= 11 is 0. The molecule has 6 nitrogen and oxygen atoms in total. The van der Waals surface area contributed by atoms with Crippen molar-refractivity contribution in [3.8, 4) is 23.8 Å². The van der Waals surface area contributed by atoms with Crippen LogP contribution in [-0.4, -0.2) is 27.2 Å². The lowest BCUT2D eigenvalue weighted by molar-refractivity contribution is 0.0820. The number of allylic oxidation sites excluding steroid dienone is 4. The summed E-state index contributed by atoms with van der Waals surface area (Å²) in [5.74, 6) is 4.30. The Hall–Kier alpha value is -3.89. The molecule has 2 aromatic carbocycles. The van der Waals surface area contributed by atoms with Crippen LogP contribution in [0.4, 0.5) is 0 Å². The van der Waals surface area contributed by atoms with Gasteiger partial charge in [-0.05, 0) is 88.6 Å². The van der Waals surface area contributed by atoms with Crippen molar-refractivity contribution in [2.75, 3.05) is 13.2 Å². The van der Waals surface area contributed by atoms with E-state index in [-0.39, 0.29) is 17.3 Å². The Balaban J connectivity index is 1.74. The molecule has 2 aliphatic heterocycles. The van der Waals surface area contributed by atoms with E-state index in [9.17, 15) is 8.42 Å². The van der Waals surface area contributed by atoms with Crippen LogP contribution in [-0.2, 0) is 19.6 Å². The Labute approximate surface area is 219 Å². The molecule has 37 heavy (non-hydrogen) atoms. The summed E-state index contributed by atoms with van der Waals surface area (Å²) < 4.78 is 49.5. The Kier molecular flexibility index (Phi) is 7.24. The minimum atomic E-state index is -4.08. The van der Waals surface area contributed by atoms with Gasteiger partial charge in [0.15, 0.2) is 11.5 Å². The lowest BCUT2D eigenvalue weighted by atomic mass is 9.96. The molecule has 0 fully saturated rings. The maximum atomic E-state index is 13.1. The van der Waals surface area contributed by atoms with Crippen molar-refractivity contribution in [3.63, 3.8) is 0 Å². The highest BCUT2D eigenvalue weighted by Gasteiger charge is 2.28. The maximum Gasteiger partial charge on any atom is 0.339 e. The number of benzene rings is 2. The van der Waals surface area contributed by atoms with Crippen LogP contribution in [0.3, 0.4) is 0 Å². The molecule has 7 heteroatoms. The van der Waals surface area contributed by atoms with Gasteiger partial charge in [-0.2, -0.15) is 8.42 Å². The van der Waals surface area contributed by atoms with E-state index < -0.39 is 15.7 Å². The second-order valence-corrected chi connectivity index (χ2v) is 10.9. The fraction of sp³-hybridized carbons (Fsp3) is 0.267. The van der Waals surface area contributed by atoms with Crippen molar-refractivity contribution < 1.29 is 26.8 Å². The van der Waals surface area contributed by atoms with Crippen LogP contribution < -0.4 is 8.92 Å². The highest BCUT2D eigenvalue weighted by atomic mass is 32.2. The Morgan fingerprint density at radius 2 is 1.84 bits per heavy atom. The molecule has 192 valence electrons. The summed E-state index contributed by atoms with van der Waals surface area (Å²) in [4.78, 5) is 0.0684. The van der Waals surface area contributed by atoms with Crippen molar-refractivity contribution >= 4 is 15.7 Å². The predicted molar refractivity (Wildman–Crippen MR) is 143 cm³/mol. The second kappa shape index (κ2) is 10.2. The SMILES string of the molecule is C#CC1=C(C2=C(C)C=C(c3ccc(OCC)cc3OS(=O)(=O)c3ccc(C)cc3)CO2)C=CC(C)(C)O1. The summed E-state index contributed by atoms with van der Waals surface area (Å²) in [6.45, 7) is 10.1. The first-order valence-electron chi connectivity index (χ1n) is 11.9. The quantitative estimate of drug-likeness (QED) is 0.326. The third-order valence-electron chi connectivity index (χ3n) is 5.88. The summed E-state index contributed by atoms with van der Waals surface area (Å²) in [6.07, 6.45) is 11.5. The normalized spacial score (nSPS) is 16.9. The van der Waals surface area contributed by atoms with Gasteiger partial charge in [-0.25, -0.2) is 0 Å². The van der Waals surface area contributed by atoms with E-state index in [0.717, 1.165) is 16.7 Å². The van der Waals surface area contributed by atoms with E-state index in [1.165, 1.54) is 12.1 Å². The molecule has 0 saturated carbocycles. The standard InChI is InChI=1S/C30H30O6S/c1-7-27-26(15-16-30(5,6)35-27)29-21(4)17-22(19-34-29)25-14-11-23(33-8-2)18-28(25)36-37(31,32)24-12-9-20(3)10-13-24/h1,9-18H,8,19H2,2-6H3. The van der Waals surface area contributed by atoms with Gasteiger partial charge in [-0.15, -0.1) is 6.42 Å². The van der Waals surface area contributed by atoms with E-state index in [1.807, 2.05) is 52.8 Å². The Morgan fingerprint density at radius 3 is 2.49 bits per heavy atom. The minimum absolute atomic E-state index is 0.0684. The van der Waals surface area contributed by atoms with Crippen LogP contribution in [0.2, 0.25) is 0 Å². The average molecular weight is 519 g/mol. The average Bonchev–Trinajstić information content (AvgIpc) is 2.84. The smallest absolute Gasteiger partial charge is 0.339 e. The van der Waals surface area contributed by atoms with E-state index in [1.54, 1.807) is 30.3 Å². The van der Waals surface area contributed by atoms with E-state index >= 15 is 0 Å². The lowest BCUT2D eigenvalue weighted by Gasteiger charge is -2.30. The van der Waals surface area contributed by atoms with Gasteiger partial charge in [0.25, 0.3) is 0 Å². The van der Waals surface area contributed by atoms with Crippen LogP contribution >= 0.6 is 0 Å². The number of terminal acetylenes is 1. The van der Waals surface area contributed by atoms with Crippen molar-refractivity contribution in [3.05, 3.63) is 94.5 Å². The second-order valence-electron chi connectivity index (χ2n) is 9.34. The molecular weight excluding hydrogens is 488 g/mol. The fourth-order valence-electron chi connectivity index (χ4n) is 4.04. The summed E-state index contributed by atoms with van der Waals surface area (Å²) in [5, 5.41) is 0. The third kappa shape index (κ3) is 5.76. The molecule has 0 bridgehead atoms. The van der Waals surface area contributed by atoms with E-state index in [4.69, 9.17) is 24.8 Å². The molecule has 0 atom stereocenters. The van der Waals surface area contributed by atoms with Crippen LogP contribution in [0, 0.1) is 19.3 Å². The first-order valence-corrected chi connectivity index (χ1v) is 13.4. The minimum Gasteiger partial charge on any atom is -0.494 e. The molecule has 0 spiro atoms. The van der Waals surface area contributed by atoms with Gasteiger partial charge in [0.05, 0.1) is 12.2 Å². The lowest BCUT2D eigenvalue weighted by Crippen LogP contribution is -2.25. The molecule has 0 aliphatic carbocycles. The summed E-state index contributed by atoms with van der Waals surface area (Å²) in [5.41, 5.74) is 3.29. The zero-order valence-electron chi connectivity index (χ0n) is 21.6. The molecule has 4 rings (SSSR count). The van der Waals surface area contributed by atoms with Gasteiger partial charge in [-0.3, -0.25) is 0 Å². The molecule has 0 unspecified atom stereocenters. The molecule has 0 N–H and O–H groups in total. The zero-order valence-corrected chi connectivity index (χ0v) is 22.4. The Bertz CT molecular complexity index is 1480. The van der Waals surface area contributed by atoms with E-state index in [2.05, 4.69) is 5.92 Å². The maximum absolute atomic E-state index is 13.1. The molecule has 0 aromatic heterocycles. The van der Waals surface area contributed by atoms with Gasteiger partial charge >= 0.3 is 10.1 Å². The number of hydrogen-bond donors (Lipinski definition) is 0. The highest BCUT2D eigenvalue weighted by Crippen LogP contribution is 2.38. The number of aryl methyl sites for hydroxylation is 1. The van der Waals surface area contributed by atoms with Crippen LogP contribution in [0.15, 0.2) is 88.3 Å². The summed E-state index contributed by atoms with van der Waals surface area (Å²) in [7, 11) is -4.08. The molecule has 2 aromatic rings. The predicted octanol–water partition coefficient (Wildman–Crippen LogP) is 6.10. The zero-order chi connectivity index (χ0) is 26.8. The molecular formula is C30H30O6S. The molecule has 0 saturated heterocycles. The van der Waals surface area contributed by atoms with Crippen molar-refractivity contribution in [1.29, 1.82) is 0 Å². The van der Waals surface area contributed by atoms with Gasteiger partial charge in [-0.1, -0.05) is 17.7 Å². The molecule has 2 aliphatic rings. The van der Waals surface area contributed by atoms with Gasteiger partial charge in [0.2, 0.25) is 0 Å². The molecule has 0 radical (unpaired) electrons. The van der Waals surface area contributed by atoms with Gasteiger partial charge in [0.1, 0.15) is 28.6 Å². The van der Waals surface area contributed by atoms with Crippen molar-refractivity contribution in [1.82, 2.24) is 0 Å². The number of hydrogen-bond acceptors (Lipinski definition) is 6. The van der Waals surface area contributed by atoms with E-state index in [0.29, 0.717) is 35.0 Å². The fourth-order valence-corrected chi connectivity index (χ4v) is 4.98. The van der Waals surface area contributed by atoms with Crippen molar-refractivity contribution in [2.24, 2.45) is 0 Å². The van der Waals surface area contributed by atoms with Crippen LogP contribution in [0.5, 0.6) is 11.5 Å². The van der Waals surface area contributed by atoms with Gasteiger partial charge < -0.3 is 18.4 Å². The molecule has 0 amide bonds. The van der Waals surface area contributed by atoms with Crippen LogP contribution in [0.25, 0.3) is 5.57 Å². The number of rotatable bonds is 7. The highest BCUT2D eigenvalue weighted by molar-refractivity contribution is 7.87. The summed E-state index contributed by atoms with van der Waals surface area (Å²) in [6, 6.07) is 11.6. The Morgan fingerprint density at radius 1 is 1.11 bits per heavy atom.